The molecule has 0 fully saturated rings. The van der Waals surface area contributed by atoms with Crippen LogP contribution in [0.4, 0.5) is 0 Å². The van der Waals surface area contributed by atoms with Crippen LogP contribution in [0.2, 0.25) is 0 Å². The maximum absolute atomic E-state index is 11.7. The first-order chi connectivity index (χ1) is 7.39. The fourth-order valence-corrected chi connectivity index (χ4v) is 1.41. The highest BCUT2D eigenvalue weighted by atomic mass is 16.2. The number of nitrogens with one attached hydrogen (secondary N) is 3. The van der Waals surface area contributed by atoms with Crippen LogP contribution in [-0.2, 0) is 14.4 Å². The lowest BCUT2D eigenvalue weighted by molar-refractivity contribution is -0.139. The summed E-state index contributed by atoms with van der Waals surface area (Å²) in [7, 11) is 4.47. The van der Waals surface area contributed by atoms with E-state index in [2.05, 4.69) is 16.0 Å². The summed E-state index contributed by atoms with van der Waals surface area (Å²) in [5, 5.41) is 7.35. The summed E-state index contributed by atoms with van der Waals surface area (Å²) < 4.78 is 0. The van der Waals surface area contributed by atoms with Crippen molar-refractivity contribution in [1.29, 1.82) is 0 Å². The normalized spacial score (nSPS) is 10.5. The Labute approximate surface area is 95.2 Å². The van der Waals surface area contributed by atoms with Crippen LogP contribution in [-0.4, -0.2) is 38.9 Å². The smallest absolute Gasteiger partial charge is 0.226 e. The van der Waals surface area contributed by atoms with Gasteiger partial charge in [-0.3, -0.25) is 14.4 Å². The zero-order chi connectivity index (χ0) is 12.8. The first kappa shape index (κ1) is 14.4. The Morgan fingerprint density at radius 2 is 1.25 bits per heavy atom. The fraction of sp³-hybridized carbons (Fsp3) is 0.700. The van der Waals surface area contributed by atoms with Crippen LogP contribution in [0, 0.1) is 5.41 Å². The molecule has 0 atom stereocenters. The third-order valence-corrected chi connectivity index (χ3v) is 2.43. The van der Waals surface area contributed by atoms with Crippen molar-refractivity contribution in [3.05, 3.63) is 0 Å². The van der Waals surface area contributed by atoms with Gasteiger partial charge in [0.1, 0.15) is 0 Å². The summed E-state index contributed by atoms with van der Waals surface area (Å²) in [5.74, 6) is -0.857. The first-order valence-corrected chi connectivity index (χ1v) is 5.03. The molecule has 16 heavy (non-hydrogen) atoms. The molecule has 0 saturated heterocycles. The molecule has 3 amide bonds. The predicted molar refractivity (Wildman–Crippen MR) is 59.5 cm³/mol. The number of rotatable bonds is 5. The quantitative estimate of drug-likeness (QED) is 0.565. The summed E-state index contributed by atoms with van der Waals surface area (Å²) >= 11 is 0. The van der Waals surface area contributed by atoms with Crippen molar-refractivity contribution < 1.29 is 14.4 Å². The third-order valence-electron chi connectivity index (χ3n) is 2.43. The standard InChI is InChI=1S/C10H19N3O3/c1-10(9(16)13-4,5-7(14)11-2)6-8(15)12-3/h5-6H2,1-4H3,(H,11,14)(H,12,15)(H,13,16). The molecular formula is C10H19N3O3. The van der Waals surface area contributed by atoms with Crippen LogP contribution in [0.3, 0.4) is 0 Å². The molecule has 0 unspecified atom stereocenters. The van der Waals surface area contributed by atoms with Crippen LogP contribution in [0.5, 0.6) is 0 Å². The summed E-state index contributed by atoms with van der Waals surface area (Å²) in [6.45, 7) is 1.59. The molecule has 0 aliphatic rings. The van der Waals surface area contributed by atoms with Crippen LogP contribution in [0.25, 0.3) is 0 Å². The average molecular weight is 229 g/mol. The summed E-state index contributed by atoms with van der Waals surface area (Å²) in [4.78, 5) is 34.3. The average Bonchev–Trinajstić information content (AvgIpc) is 2.27. The molecule has 0 rings (SSSR count). The lowest BCUT2D eigenvalue weighted by atomic mass is 9.81. The van der Waals surface area contributed by atoms with E-state index in [1.807, 2.05) is 0 Å². The molecule has 92 valence electrons. The molecule has 0 heterocycles. The molecule has 6 nitrogen and oxygen atoms in total. The number of carbonyl (C=O) groups excluding carboxylic acids is 3. The van der Waals surface area contributed by atoms with Gasteiger partial charge in [-0.1, -0.05) is 0 Å². The molecule has 3 N–H and O–H groups in total. The summed E-state index contributed by atoms with van der Waals surface area (Å²) in [6.07, 6.45) is -0.0345. The van der Waals surface area contributed by atoms with E-state index in [-0.39, 0.29) is 30.6 Å². The Bertz CT molecular complexity index is 271. The Morgan fingerprint density at radius 3 is 1.50 bits per heavy atom. The van der Waals surface area contributed by atoms with E-state index in [0.717, 1.165) is 0 Å². The van der Waals surface area contributed by atoms with Gasteiger partial charge in [-0.05, 0) is 6.92 Å². The van der Waals surface area contributed by atoms with E-state index in [4.69, 9.17) is 0 Å². The van der Waals surface area contributed by atoms with Gasteiger partial charge in [-0.2, -0.15) is 0 Å². The molecule has 6 heteroatoms. The first-order valence-electron chi connectivity index (χ1n) is 5.03. The molecule has 0 aliphatic heterocycles. The lowest BCUT2D eigenvalue weighted by Crippen LogP contribution is -2.43. The molecular weight excluding hydrogens is 210 g/mol. The van der Waals surface area contributed by atoms with E-state index in [1.54, 1.807) is 6.92 Å². The van der Waals surface area contributed by atoms with Crippen molar-refractivity contribution in [1.82, 2.24) is 16.0 Å². The van der Waals surface area contributed by atoms with E-state index in [0.29, 0.717) is 0 Å². The van der Waals surface area contributed by atoms with E-state index in [1.165, 1.54) is 21.1 Å². The highest BCUT2D eigenvalue weighted by molar-refractivity contribution is 5.92. The van der Waals surface area contributed by atoms with E-state index < -0.39 is 5.41 Å². The molecule has 0 aromatic rings. The Kier molecular flexibility index (Phi) is 5.49. The Morgan fingerprint density at radius 1 is 0.875 bits per heavy atom. The van der Waals surface area contributed by atoms with Crippen molar-refractivity contribution in [2.75, 3.05) is 21.1 Å². The zero-order valence-electron chi connectivity index (χ0n) is 10.1. The van der Waals surface area contributed by atoms with Crippen molar-refractivity contribution in [3.8, 4) is 0 Å². The van der Waals surface area contributed by atoms with Gasteiger partial charge in [0, 0.05) is 34.0 Å². The second-order valence-electron chi connectivity index (χ2n) is 3.84. The number of hydrogen-bond acceptors (Lipinski definition) is 3. The van der Waals surface area contributed by atoms with Crippen LogP contribution in [0.15, 0.2) is 0 Å². The predicted octanol–water partition coefficient (Wildman–Crippen LogP) is -0.989. The Balaban J connectivity index is 4.81. The second-order valence-corrected chi connectivity index (χ2v) is 3.84. The van der Waals surface area contributed by atoms with Gasteiger partial charge in [0.15, 0.2) is 0 Å². The number of amides is 3. The molecule has 0 spiro atoms. The minimum Gasteiger partial charge on any atom is -0.359 e. The number of hydrogen-bond donors (Lipinski definition) is 3. The fourth-order valence-electron chi connectivity index (χ4n) is 1.41. The summed E-state index contributed by atoms with van der Waals surface area (Å²) in [6, 6.07) is 0. The topological polar surface area (TPSA) is 87.3 Å². The van der Waals surface area contributed by atoms with Gasteiger partial charge in [0.25, 0.3) is 0 Å². The molecule has 0 aromatic heterocycles. The maximum Gasteiger partial charge on any atom is 0.226 e. The highest BCUT2D eigenvalue weighted by Gasteiger charge is 2.36. The Hall–Kier alpha value is -1.59. The zero-order valence-corrected chi connectivity index (χ0v) is 10.1. The maximum atomic E-state index is 11.7. The molecule has 0 bridgehead atoms. The van der Waals surface area contributed by atoms with Gasteiger partial charge in [-0.15, -0.1) is 0 Å². The molecule has 0 saturated carbocycles. The lowest BCUT2D eigenvalue weighted by Gasteiger charge is -2.25. The van der Waals surface area contributed by atoms with Crippen molar-refractivity contribution in [2.45, 2.75) is 19.8 Å². The van der Waals surface area contributed by atoms with Crippen LogP contribution in [0.1, 0.15) is 19.8 Å². The van der Waals surface area contributed by atoms with Crippen molar-refractivity contribution >= 4 is 17.7 Å². The van der Waals surface area contributed by atoms with Gasteiger partial charge in [0.05, 0.1) is 5.41 Å². The van der Waals surface area contributed by atoms with Crippen molar-refractivity contribution in [2.24, 2.45) is 5.41 Å². The SMILES string of the molecule is CNC(=O)CC(C)(CC(=O)NC)C(=O)NC. The third kappa shape index (κ3) is 3.88. The minimum absolute atomic E-state index is 0.0173. The van der Waals surface area contributed by atoms with Gasteiger partial charge >= 0.3 is 0 Å². The van der Waals surface area contributed by atoms with Crippen molar-refractivity contribution in [3.63, 3.8) is 0 Å². The van der Waals surface area contributed by atoms with Gasteiger partial charge < -0.3 is 16.0 Å². The second kappa shape index (κ2) is 6.09. The van der Waals surface area contributed by atoms with Gasteiger partial charge in [-0.25, -0.2) is 0 Å². The largest absolute Gasteiger partial charge is 0.359 e. The summed E-state index contributed by atoms with van der Waals surface area (Å²) in [5.41, 5.74) is -1.02. The molecule has 0 radical (unpaired) electrons. The van der Waals surface area contributed by atoms with E-state index in [9.17, 15) is 14.4 Å². The van der Waals surface area contributed by atoms with E-state index >= 15 is 0 Å². The minimum atomic E-state index is -1.02. The molecule has 0 aliphatic carbocycles. The number of carbonyl (C=O) groups is 3. The molecule has 0 aromatic carbocycles. The monoisotopic (exact) mass is 229 g/mol. The van der Waals surface area contributed by atoms with Crippen LogP contribution >= 0.6 is 0 Å². The highest BCUT2D eigenvalue weighted by Crippen LogP contribution is 2.26. The van der Waals surface area contributed by atoms with Gasteiger partial charge in [0.2, 0.25) is 17.7 Å². The van der Waals surface area contributed by atoms with Crippen LogP contribution < -0.4 is 16.0 Å².